The second kappa shape index (κ2) is 6.51. The number of anilines is 1. The Balaban J connectivity index is 2.10. The van der Waals surface area contributed by atoms with Crippen molar-refractivity contribution in [3.8, 4) is 5.75 Å². The Hall–Kier alpha value is -2.89. The molecule has 0 atom stereocenters. The lowest BCUT2D eigenvalue weighted by molar-refractivity contribution is 0.0696. The molecule has 6 heteroatoms. The van der Waals surface area contributed by atoms with E-state index in [1.807, 2.05) is 6.92 Å². The molecular weight excluding hydrogens is 272 g/mol. The molecule has 6 nitrogen and oxygen atoms in total. The summed E-state index contributed by atoms with van der Waals surface area (Å²) in [5.41, 5.74) is 0.785. The zero-order chi connectivity index (χ0) is 15.2. The van der Waals surface area contributed by atoms with Crippen molar-refractivity contribution in [3.63, 3.8) is 0 Å². The maximum atomic E-state index is 12.0. The second-order valence-electron chi connectivity index (χ2n) is 4.18. The quantitative estimate of drug-likeness (QED) is 0.881. The Morgan fingerprint density at radius 1 is 1.19 bits per heavy atom. The van der Waals surface area contributed by atoms with E-state index in [9.17, 15) is 9.59 Å². The zero-order valence-electron chi connectivity index (χ0n) is 11.4. The molecule has 2 rings (SSSR count). The number of benzene rings is 1. The van der Waals surface area contributed by atoms with Gasteiger partial charge in [0.15, 0.2) is 0 Å². The summed E-state index contributed by atoms with van der Waals surface area (Å²) < 4.78 is 5.29. The Labute approximate surface area is 121 Å². The molecule has 0 aliphatic heterocycles. The average molecular weight is 286 g/mol. The van der Waals surface area contributed by atoms with E-state index in [0.717, 1.165) is 0 Å². The largest absolute Gasteiger partial charge is 0.494 e. The van der Waals surface area contributed by atoms with Gasteiger partial charge in [0.05, 0.1) is 24.1 Å². The van der Waals surface area contributed by atoms with Crippen LogP contribution in [-0.2, 0) is 0 Å². The Morgan fingerprint density at radius 2 is 1.90 bits per heavy atom. The fourth-order valence-corrected chi connectivity index (χ4v) is 1.70. The molecular formula is C15H14N2O4. The summed E-state index contributed by atoms with van der Waals surface area (Å²) in [6.07, 6.45) is 2.60. The predicted molar refractivity (Wildman–Crippen MR) is 76.8 cm³/mol. The first-order valence-corrected chi connectivity index (χ1v) is 6.32. The lowest BCUT2D eigenvalue weighted by Crippen LogP contribution is -2.12. The highest BCUT2D eigenvalue weighted by atomic mass is 16.5. The van der Waals surface area contributed by atoms with Gasteiger partial charge in [-0.25, -0.2) is 4.79 Å². The number of nitrogens with one attached hydrogen (secondary N) is 1. The van der Waals surface area contributed by atoms with Crippen molar-refractivity contribution < 1.29 is 19.4 Å². The van der Waals surface area contributed by atoms with E-state index in [1.54, 1.807) is 24.3 Å². The summed E-state index contributed by atoms with van der Waals surface area (Å²) in [5, 5.41) is 11.5. The summed E-state index contributed by atoms with van der Waals surface area (Å²) in [6, 6.07) is 8.01. The van der Waals surface area contributed by atoms with Gasteiger partial charge in [0.1, 0.15) is 5.75 Å². The molecule has 21 heavy (non-hydrogen) atoms. The number of hydrogen-bond donors (Lipinski definition) is 2. The van der Waals surface area contributed by atoms with E-state index in [2.05, 4.69) is 10.3 Å². The first-order valence-electron chi connectivity index (χ1n) is 6.32. The van der Waals surface area contributed by atoms with Gasteiger partial charge in [-0.05, 0) is 37.3 Å². The summed E-state index contributed by atoms with van der Waals surface area (Å²) in [6.45, 7) is 2.43. The van der Waals surface area contributed by atoms with Crippen LogP contribution in [0.15, 0.2) is 42.7 Å². The summed E-state index contributed by atoms with van der Waals surface area (Å²) in [4.78, 5) is 26.7. The van der Waals surface area contributed by atoms with E-state index in [-0.39, 0.29) is 11.5 Å². The number of carboxylic acid groups (broad SMARTS) is 1. The highest BCUT2D eigenvalue weighted by Crippen LogP contribution is 2.14. The molecule has 0 aliphatic carbocycles. The zero-order valence-corrected chi connectivity index (χ0v) is 11.4. The first-order chi connectivity index (χ1) is 10.1. The normalized spacial score (nSPS) is 9.95. The van der Waals surface area contributed by atoms with Crippen LogP contribution in [0.1, 0.15) is 27.6 Å². The predicted octanol–water partition coefficient (Wildman–Crippen LogP) is 2.43. The van der Waals surface area contributed by atoms with Crippen molar-refractivity contribution in [1.82, 2.24) is 4.98 Å². The van der Waals surface area contributed by atoms with E-state index in [1.165, 1.54) is 18.5 Å². The third-order valence-electron chi connectivity index (χ3n) is 2.67. The lowest BCUT2D eigenvalue weighted by Gasteiger charge is -2.07. The van der Waals surface area contributed by atoms with Crippen molar-refractivity contribution in [2.45, 2.75) is 6.92 Å². The second-order valence-corrected chi connectivity index (χ2v) is 4.18. The number of pyridine rings is 1. The van der Waals surface area contributed by atoms with Crippen LogP contribution in [0.25, 0.3) is 0 Å². The number of aromatic carboxylic acids is 1. The van der Waals surface area contributed by atoms with Gasteiger partial charge in [0.2, 0.25) is 0 Å². The van der Waals surface area contributed by atoms with E-state index < -0.39 is 5.97 Å². The van der Waals surface area contributed by atoms with Crippen molar-refractivity contribution in [1.29, 1.82) is 0 Å². The van der Waals surface area contributed by atoms with Crippen LogP contribution in [0.4, 0.5) is 5.69 Å². The number of hydrogen-bond acceptors (Lipinski definition) is 4. The smallest absolute Gasteiger partial charge is 0.337 e. The molecule has 1 amide bonds. The minimum atomic E-state index is -1.10. The fraction of sp³-hybridized carbons (Fsp3) is 0.133. The standard InChI is InChI=1S/C15H14N2O4/c1-2-21-13-5-3-10(4-6-13)14(18)17-12-7-11(15(19)20)8-16-9-12/h3-9H,2H2,1H3,(H,17,18)(H,19,20). The van der Waals surface area contributed by atoms with Gasteiger partial charge >= 0.3 is 5.97 Å². The van der Waals surface area contributed by atoms with Crippen LogP contribution in [0, 0.1) is 0 Å². The number of carbonyl (C=O) groups excluding carboxylic acids is 1. The number of carbonyl (C=O) groups is 2. The number of carboxylic acids is 1. The molecule has 2 aromatic rings. The molecule has 108 valence electrons. The average Bonchev–Trinajstić information content (AvgIpc) is 2.48. The Bertz CT molecular complexity index is 653. The van der Waals surface area contributed by atoms with Crippen LogP contribution >= 0.6 is 0 Å². The highest BCUT2D eigenvalue weighted by Gasteiger charge is 2.09. The monoisotopic (exact) mass is 286 g/mol. The maximum Gasteiger partial charge on any atom is 0.337 e. The number of rotatable bonds is 5. The van der Waals surface area contributed by atoms with Crippen LogP contribution in [-0.4, -0.2) is 28.6 Å². The van der Waals surface area contributed by atoms with Crippen molar-refractivity contribution in [2.75, 3.05) is 11.9 Å². The lowest BCUT2D eigenvalue weighted by atomic mass is 10.2. The molecule has 0 unspecified atom stereocenters. The fourth-order valence-electron chi connectivity index (χ4n) is 1.70. The topological polar surface area (TPSA) is 88.5 Å². The van der Waals surface area contributed by atoms with Crippen molar-refractivity contribution in [2.24, 2.45) is 0 Å². The van der Waals surface area contributed by atoms with Crippen molar-refractivity contribution >= 4 is 17.6 Å². The van der Waals surface area contributed by atoms with Gasteiger partial charge in [-0.15, -0.1) is 0 Å². The number of nitrogens with zero attached hydrogens (tertiary/aromatic N) is 1. The summed E-state index contributed by atoms with van der Waals surface area (Å²) >= 11 is 0. The third-order valence-corrected chi connectivity index (χ3v) is 2.67. The molecule has 1 aromatic carbocycles. The Morgan fingerprint density at radius 3 is 2.52 bits per heavy atom. The number of ether oxygens (including phenoxy) is 1. The number of aromatic nitrogens is 1. The molecule has 0 saturated heterocycles. The molecule has 2 N–H and O–H groups in total. The molecule has 1 aromatic heterocycles. The van der Waals surface area contributed by atoms with Gasteiger partial charge < -0.3 is 15.2 Å². The minimum absolute atomic E-state index is 0.0134. The van der Waals surface area contributed by atoms with Gasteiger partial charge in [0, 0.05) is 11.8 Å². The molecule has 0 spiro atoms. The van der Waals surface area contributed by atoms with Gasteiger partial charge in [-0.2, -0.15) is 0 Å². The van der Waals surface area contributed by atoms with Crippen LogP contribution in [0.5, 0.6) is 5.75 Å². The van der Waals surface area contributed by atoms with Crippen LogP contribution in [0.3, 0.4) is 0 Å². The van der Waals surface area contributed by atoms with Crippen LogP contribution in [0.2, 0.25) is 0 Å². The first kappa shape index (κ1) is 14.5. The van der Waals surface area contributed by atoms with E-state index >= 15 is 0 Å². The molecule has 0 bridgehead atoms. The summed E-state index contributed by atoms with van der Waals surface area (Å²) in [5.74, 6) is -0.759. The van der Waals surface area contributed by atoms with E-state index in [4.69, 9.17) is 9.84 Å². The Kier molecular flexibility index (Phi) is 4.50. The molecule has 0 aliphatic rings. The summed E-state index contributed by atoms with van der Waals surface area (Å²) in [7, 11) is 0. The highest BCUT2D eigenvalue weighted by molar-refractivity contribution is 6.04. The van der Waals surface area contributed by atoms with E-state index in [0.29, 0.717) is 23.6 Å². The maximum absolute atomic E-state index is 12.0. The number of amides is 1. The molecule has 1 heterocycles. The van der Waals surface area contributed by atoms with Crippen molar-refractivity contribution in [3.05, 3.63) is 53.9 Å². The molecule has 0 saturated carbocycles. The van der Waals surface area contributed by atoms with Crippen LogP contribution < -0.4 is 10.1 Å². The minimum Gasteiger partial charge on any atom is -0.494 e. The molecule has 0 radical (unpaired) electrons. The van der Waals surface area contributed by atoms with Gasteiger partial charge in [-0.3, -0.25) is 9.78 Å². The van der Waals surface area contributed by atoms with Gasteiger partial charge in [0.25, 0.3) is 5.91 Å². The third kappa shape index (κ3) is 3.79. The molecule has 0 fully saturated rings. The SMILES string of the molecule is CCOc1ccc(C(=O)Nc2cncc(C(=O)O)c2)cc1. The van der Waals surface area contributed by atoms with Gasteiger partial charge in [-0.1, -0.05) is 0 Å².